The van der Waals surface area contributed by atoms with Crippen LogP contribution in [0.2, 0.25) is 0 Å². The van der Waals surface area contributed by atoms with E-state index in [1.807, 2.05) is 0 Å². The standard InChI is InChI=1S/C18H10F7N3O2/c19-15(20)14(29)9-2-1-3-12-13(9)17(21,22)16(30)28(12)7-8-4-5-10(18(23,24)25)11(6-26)27-8/h1-5,14-15,29H,7H2. The van der Waals surface area contributed by atoms with Crippen LogP contribution in [0.15, 0.2) is 30.3 Å². The number of carbonyl (C=O) groups excluding carboxylic acids is 1. The van der Waals surface area contributed by atoms with Crippen LogP contribution < -0.4 is 4.90 Å². The second-order valence-corrected chi connectivity index (χ2v) is 6.29. The zero-order valence-corrected chi connectivity index (χ0v) is 14.6. The van der Waals surface area contributed by atoms with Crippen molar-refractivity contribution in [2.24, 2.45) is 0 Å². The van der Waals surface area contributed by atoms with Gasteiger partial charge in [0.05, 0.1) is 29.1 Å². The molecule has 1 aliphatic rings. The molecule has 2 heterocycles. The van der Waals surface area contributed by atoms with E-state index in [-0.39, 0.29) is 5.69 Å². The highest BCUT2D eigenvalue weighted by molar-refractivity contribution is 6.06. The van der Waals surface area contributed by atoms with Gasteiger partial charge in [-0.2, -0.15) is 27.2 Å². The number of benzene rings is 1. The third-order valence-corrected chi connectivity index (χ3v) is 4.43. The summed E-state index contributed by atoms with van der Waals surface area (Å²) in [6.45, 7) is -0.748. The number of aliphatic hydroxyl groups excluding tert-OH is 1. The van der Waals surface area contributed by atoms with Crippen LogP contribution in [-0.4, -0.2) is 22.4 Å². The summed E-state index contributed by atoms with van der Waals surface area (Å²) in [5.74, 6) is -6.09. The molecule has 0 saturated heterocycles. The fourth-order valence-corrected chi connectivity index (χ4v) is 3.11. The largest absolute Gasteiger partial charge is 0.419 e. The molecule has 1 N–H and O–H groups in total. The molecular weight excluding hydrogens is 423 g/mol. The van der Waals surface area contributed by atoms with Gasteiger partial charge in [0.15, 0.2) is 5.69 Å². The molecule has 0 bridgehead atoms. The summed E-state index contributed by atoms with van der Waals surface area (Å²) in [4.78, 5) is 16.2. The van der Waals surface area contributed by atoms with Crippen molar-refractivity contribution in [3.05, 3.63) is 58.4 Å². The zero-order valence-electron chi connectivity index (χ0n) is 14.6. The highest BCUT2D eigenvalue weighted by atomic mass is 19.4. The second kappa shape index (κ2) is 7.24. The number of halogens is 7. The molecule has 2 aromatic rings. The number of hydrogen-bond acceptors (Lipinski definition) is 4. The summed E-state index contributed by atoms with van der Waals surface area (Å²) in [5, 5.41) is 18.5. The molecule has 0 radical (unpaired) electrons. The Morgan fingerprint density at radius 3 is 2.43 bits per heavy atom. The number of nitriles is 1. The quantitative estimate of drug-likeness (QED) is 0.742. The van der Waals surface area contributed by atoms with Crippen molar-refractivity contribution in [1.82, 2.24) is 4.98 Å². The molecule has 0 saturated carbocycles. The van der Waals surface area contributed by atoms with Gasteiger partial charge in [-0.05, 0) is 23.8 Å². The summed E-state index contributed by atoms with van der Waals surface area (Å²) in [7, 11) is 0. The summed E-state index contributed by atoms with van der Waals surface area (Å²) in [5.41, 5.74) is -5.12. The van der Waals surface area contributed by atoms with Gasteiger partial charge in [-0.15, -0.1) is 0 Å². The monoisotopic (exact) mass is 433 g/mol. The molecule has 1 aromatic heterocycles. The molecular formula is C18H10F7N3O2. The SMILES string of the molecule is N#Cc1nc(CN2C(=O)C(F)(F)c3c(C(O)C(F)F)cccc32)ccc1C(F)(F)F. The third kappa shape index (κ3) is 3.45. The highest BCUT2D eigenvalue weighted by Crippen LogP contribution is 2.48. The molecule has 0 spiro atoms. The first-order chi connectivity index (χ1) is 13.9. The summed E-state index contributed by atoms with van der Waals surface area (Å²) < 4.78 is 93.5. The average molecular weight is 433 g/mol. The van der Waals surface area contributed by atoms with Crippen LogP contribution >= 0.6 is 0 Å². The minimum absolute atomic E-state index is 0.309. The number of fused-ring (bicyclic) bond motifs is 1. The van der Waals surface area contributed by atoms with Gasteiger partial charge in [0.1, 0.15) is 12.2 Å². The Kier molecular flexibility index (Phi) is 5.19. The second-order valence-electron chi connectivity index (χ2n) is 6.29. The van der Waals surface area contributed by atoms with Gasteiger partial charge in [0.25, 0.3) is 6.43 Å². The van der Waals surface area contributed by atoms with E-state index in [0.717, 1.165) is 24.3 Å². The summed E-state index contributed by atoms with van der Waals surface area (Å²) in [6, 6.07) is 5.50. The van der Waals surface area contributed by atoms with E-state index in [0.29, 0.717) is 11.0 Å². The van der Waals surface area contributed by atoms with Gasteiger partial charge < -0.3 is 10.0 Å². The number of aliphatic hydroxyl groups is 1. The van der Waals surface area contributed by atoms with E-state index in [2.05, 4.69) is 4.98 Å². The van der Waals surface area contributed by atoms with Gasteiger partial charge in [0.2, 0.25) is 0 Å². The van der Waals surface area contributed by atoms with Crippen LogP contribution in [0.1, 0.15) is 34.2 Å². The average Bonchev–Trinajstić information content (AvgIpc) is 2.87. The maximum Gasteiger partial charge on any atom is 0.419 e. The molecule has 12 heteroatoms. The van der Waals surface area contributed by atoms with E-state index in [1.54, 1.807) is 0 Å². The maximum absolute atomic E-state index is 14.6. The number of pyridine rings is 1. The number of amides is 1. The van der Waals surface area contributed by atoms with Crippen LogP contribution in [0, 0.1) is 11.3 Å². The van der Waals surface area contributed by atoms with Gasteiger partial charge in [-0.1, -0.05) is 12.1 Å². The predicted molar refractivity (Wildman–Crippen MR) is 86.4 cm³/mol. The lowest BCUT2D eigenvalue weighted by Crippen LogP contribution is -2.34. The number of aromatic nitrogens is 1. The molecule has 0 aliphatic carbocycles. The fraction of sp³-hybridized carbons (Fsp3) is 0.278. The molecule has 1 atom stereocenters. The Bertz CT molecular complexity index is 1050. The van der Waals surface area contributed by atoms with Gasteiger partial charge in [-0.25, -0.2) is 13.8 Å². The van der Waals surface area contributed by atoms with E-state index >= 15 is 0 Å². The van der Waals surface area contributed by atoms with Gasteiger partial charge in [0, 0.05) is 0 Å². The molecule has 5 nitrogen and oxygen atoms in total. The molecule has 0 fully saturated rings. The van der Waals surface area contributed by atoms with E-state index in [4.69, 9.17) is 5.26 Å². The Labute approximate surface area is 164 Å². The van der Waals surface area contributed by atoms with Crippen molar-refractivity contribution in [1.29, 1.82) is 5.26 Å². The lowest BCUT2D eigenvalue weighted by molar-refractivity contribution is -0.142. The number of alkyl halides is 7. The number of nitrogens with zero attached hydrogens (tertiary/aromatic N) is 3. The van der Waals surface area contributed by atoms with Crippen LogP contribution in [0.4, 0.5) is 36.4 Å². The van der Waals surface area contributed by atoms with Crippen molar-refractivity contribution in [2.45, 2.75) is 31.2 Å². The molecule has 1 aliphatic heterocycles. The van der Waals surface area contributed by atoms with Crippen LogP contribution in [0.5, 0.6) is 0 Å². The summed E-state index contributed by atoms with van der Waals surface area (Å²) in [6.07, 6.45) is -10.8. The third-order valence-electron chi connectivity index (χ3n) is 4.43. The number of hydrogen-bond donors (Lipinski definition) is 1. The van der Waals surface area contributed by atoms with Crippen molar-refractivity contribution >= 4 is 11.6 Å². The van der Waals surface area contributed by atoms with E-state index < -0.39 is 65.2 Å². The van der Waals surface area contributed by atoms with Crippen LogP contribution in [-0.2, 0) is 23.4 Å². The van der Waals surface area contributed by atoms with Crippen molar-refractivity contribution in [3.63, 3.8) is 0 Å². The first-order valence-corrected chi connectivity index (χ1v) is 8.16. The van der Waals surface area contributed by atoms with Crippen LogP contribution in [0.25, 0.3) is 0 Å². The Morgan fingerprint density at radius 1 is 1.20 bits per heavy atom. The molecule has 158 valence electrons. The van der Waals surface area contributed by atoms with Crippen molar-refractivity contribution in [2.75, 3.05) is 4.90 Å². The Morgan fingerprint density at radius 2 is 1.87 bits per heavy atom. The Balaban J connectivity index is 2.06. The maximum atomic E-state index is 14.6. The van der Waals surface area contributed by atoms with E-state index in [1.165, 1.54) is 6.07 Å². The topological polar surface area (TPSA) is 77.2 Å². The molecule has 1 amide bonds. The van der Waals surface area contributed by atoms with E-state index in [9.17, 15) is 40.6 Å². The normalized spacial score (nSPS) is 16.5. The van der Waals surface area contributed by atoms with Crippen LogP contribution in [0.3, 0.4) is 0 Å². The zero-order chi connectivity index (χ0) is 22.4. The molecule has 3 rings (SSSR count). The number of rotatable bonds is 4. The Hall–Kier alpha value is -3.20. The summed E-state index contributed by atoms with van der Waals surface area (Å²) >= 11 is 0. The fourth-order valence-electron chi connectivity index (χ4n) is 3.11. The molecule has 1 unspecified atom stereocenters. The number of anilines is 1. The molecule has 30 heavy (non-hydrogen) atoms. The minimum Gasteiger partial charge on any atom is -0.382 e. The smallest absolute Gasteiger partial charge is 0.382 e. The highest BCUT2D eigenvalue weighted by Gasteiger charge is 2.55. The lowest BCUT2D eigenvalue weighted by atomic mass is 9.98. The first kappa shape index (κ1) is 21.5. The van der Waals surface area contributed by atoms with Gasteiger partial charge in [-0.3, -0.25) is 4.79 Å². The van der Waals surface area contributed by atoms with Crippen molar-refractivity contribution in [3.8, 4) is 6.07 Å². The van der Waals surface area contributed by atoms with Gasteiger partial charge >= 0.3 is 18.0 Å². The minimum atomic E-state index is -4.88. The first-order valence-electron chi connectivity index (χ1n) is 8.16. The van der Waals surface area contributed by atoms with Crippen molar-refractivity contribution < 1.29 is 40.6 Å². The lowest BCUT2D eigenvalue weighted by Gasteiger charge is -2.18. The number of carbonyl (C=O) groups is 1. The molecule has 1 aromatic carbocycles. The predicted octanol–water partition coefficient (Wildman–Crippen LogP) is 3.91.